The standard InChI is InChI=1S/C17H26N6O/c1-11(17-19-16(21-24-17)15-6-7-15)22-8-4-5-14(9-22)10-23-13(3)18-12(2)20-23/h11,14-15H,4-10H2,1-3H3. The van der Waals surface area contributed by atoms with E-state index in [4.69, 9.17) is 4.52 Å². The fourth-order valence-corrected chi connectivity index (χ4v) is 3.66. The van der Waals surface area contributed by atoms with Crippen LogP contribution in [0.1, 0.15) is 67.9 Å². The lowest BCUT2D eigenvalue weighted by Crippen LogP contribution is -2.39. The van der Waals surface area contributed by atoms with Gasteiger partial charge in [-0.2, -0.15) is 10.1 Å². The van der Waals surface area contributed by atoms with Gasteiger partial charge in [-0.05, 0) is 58.9 Å². The van der Waals surface area contributed by atoms with Crippen molar-refractivity contribution in [1.29, 1.82) is 0 Å². The summed E-state index contributed by atoms with van der Waals surface area (Å²) in [5, 5.41) is 8.67. The molecule has 0 spiro atoms. The third kappa shape index (κ3) is 3.22. The molecule has 7 heteroatoms. The van der Waals surface area contributed by atoms with Gasteiger partial charge >= 0.3 is 0 Å². The maximum Gasteiger partial charge on any atom is 0.243 e. The Morgan fingerprint density at radius 2 is 2.04 bits per heavy atom. The molecule has 2 aliphatic rings. The van der Waals surface area contributed by atoms with Crippen LogP contribution in [0.3, 0.4) is 0 Å². The second-order valence-electron chi connectivity index (χ2n) is 7.33. The number of aryl methyl sites for hydroxylation is 2. The molecule has 1 saturated carbocycles. The second-order valence-corrected chi connectivity index (χ2v) is 7.33. The van der Waals surface area contributed by atoms with Gasteiger partial charge in [-0.25, -0.2) is 9.67 Å². The number of rotatable bonds is 5. The van der Waals surface area contributed by atoms with E-state index in [-0.39, 0.29) is 6.04 Å². The highest BCUT2D eigenvalue weighted by molar-refractivity contribution is 5.05. The highest BCUT2D eigenvalue weighted by Crippen LogP contribution is 2.39. The van der Waals surface area contributed by atoms with Gasteiger partial charge in [0, 0.05) is 19.0 Å². The predicted octanol–water partition coefficient (Wildman–Crippen LogP) is 2.63. The Morgan fingerprint density at radius 1 is 1.21 bits per heavy atom. The second kappa shape index (κ2) is 6.27. The quantitative estimate of drug-likeness (QED) is 0.839. The summed E-state index contributed by atoms with van der Waals surface area (Å²) in [6.07, 6.45) is 4.84. The Bertz CT molecular complexity index is 704. The lowest BCUT2D eigenvalue weighted by atomic mass is 9.97. The minimum absolute atomic E-state index is 0.186. The summed E-state index contributed by atoms with van der Waals surface area (Å²) in [6.45, 7) is 9.23. The molecular weight excluding hydrogens is 304 g/mol. The smallest absolute Gasteiger partial charge is 0.243 e. The zero-order valence-electron chi connectivity index (χ0n) is 14.8. The van der Waals surface area contributed by atoms with E-state index in [1.807, 2.05) is 18.5 Å². The molecule has 0 radical (unpaired) electrons. The molecule has 4 rings (SSSR count). The van der Waals surface area contributed by atoms with Crippen LogP contribution in [-0.2, 0) is 6.54 Å². The Morgan fingerprint density at radius 3 is 2.75 bits per heavy atom. The van der Waals surface area contributed by atoms with Gasteiger partial charge in [-0.3, -0.25) is 4.90 Å². The number of aromatic nitrogens is 5. The van der Waals surface area contributed by atoms with Crippen molar-refractivity contribution >= 4 is 0 Å². The Balaban J connectivity index is 1.40. The average Bonchev–Trinajstić information content (AvgIpc) is 3.22. The molecule has 7 nitrogen and oxygen atoms in total. The van der Waals surface area contributed by atoms with Gasteiger partial charge < -0.3 is 4.52 Å². The molecule has 2 aromatic heterocycles. The molecule has 130 valence electrons. The highest BCUT2D eigenvalue weighted by Gasteiger charge is 2.32. The monoisotopic (exact) mass is 330 g/mol. The first kappa shape index (κ1) is 15.7. The van der Waals surface area contributed by atoms with E-state index < -0.39 is 0 Å². The van der Waals surface area contributed by atoms with Crippen LogP contribution in [0.15, 0.2) is 4.52 Å². The minimum atomic E-state index is 0.186. The zero-order valence-corrected chi connectivity index (χ0v) is 14.8. The van der Waals surface area contributed by atoms with E-state index in [2.05, 4.69) is 32.0 Å². The largest absolute Gasteiger partial charge is 0.338 e. The van der Waals surface area contributed by atoms with Crippen molar-refractivity contribution in [1.82, 2.24) is 29.8 Å². The van der Waals surface area contributed by atoms with E-state index >= 15 is 0 Å². The van der Waals surface area contributed by atoms with Crippen LogP contribution in [-0.4, -0.2) is 42.9 Å². The van der Waals surface area contributed by atoms with Gasteiger partial charge in [0.2, 0.25) is 5.89 Å². The topological polar surface area (TPSA) is 72.9 Å². The average molecular weight is 330 g/mol. The van der Waals surface area contributed by atoms with Gasteiger partial charge in [0.05, 0.1) is 6.04 Å². The van der Waals surface area contributed by atoms with Crippen molar-refractivity contribution in [2.75, 3.05) is 13.1 Å². The van der Waals surface area contributed by atoms with E-state index in [9.17, 15) is 0 Å². The summed E-state index contributed by atoms with van der Waals surface area (Å²) in [6, 6.07) is 0.186. The fourth-order valence-electron chi connectivity index (χ4n) is 3.66. The molecule has 1 aliphatic carbocycles. The zero-order chi connectivity index (χ0) is 16.7. The third-order valence-corrected chi connectivity index (χ3v) is 5.25. The third-order valence-electron chi connectivity index (χ3n) is 5.25. The van der Waals surface area contributed by atoms with Gasteiger partial charge in [-0.15, -0.1) is 0 Å². The number of likely N-dealkylation sites (tertiary alicyclic amines) is 1. The van der Waals surface area contributed by atoms with Crippen LogP contribution >= 0.6 is 0 Å². The predicted molar refractivity (Wildman–Crippen MR) is 88.5 cm³/mol. The van der Waals surface area contributed by atoms with Crippen LogP contribution in [0.4, 0.5) is 0 Å². The molecule has 0 bridgehead atoms. The first-order chi connectivity index (χ1) is 11.6. The Kier molecular flexibility index (Phi) is 4.12. The summed E-state index contributed by atoms with van der Waals surface area (Å²) in [7, 11) is 0. The van der Waals surface area contributed by atoms with E-state index in [0.29, 0.717) is 11.8 Å². The van der Waals surface area contributed by atoms with Crippen LogP contribution in [0.2, 0.25) is 0 Å². The van der Waals surface area contributed by atoms with Gasteiger partial charge in [0.1, 0.15) is 11.6 Å². The summed E-state index contributed by atoms with van der Waals surface area (Å²) < 4.78 is 7.57. The maximum absolute atomic E-state index is 5.53. The number of hydrogen-bond donors (Lipinski definition) is 0. The molecule has 1 saturated heterocycles. The molecule has 2 unspecified atom stereocenters. The van der Waals surface area contributed by atoms with E-state index in [1.54, 1.807) is 0 Å². The van der Waals surface area contributed by atoms with Crippen LogP contribution in [0.25, 0.3) is 0 Å². The Hall–Kier alpha value is -1.76. The van der Waals surface area contributed by atoms with Crippen molar-refractivity contribution in [3.63, 3.8) is 0 Å². The summed E-state index contributed by atoms with van der Waals surface area (Å²) in [5.41, 5.74) is 0. The number of hydrogen-bond acceptors (Lipinski definition) is 6. The first-order valence-electron chi connectivity index (χ1n) is 9.05. The van der Waals surface area contributed by atoms with Crippen molar-refractivity contribution < 1.29 is 4.52 Å². The fraction of sp³-hybridized carbons (Fsp3) is 0.765. The molecule has 24 heavy (non-hydrogen) atoms. The normalized spacial score (nSPS) is 23.5. The highest BCUT2D eigenvalue weighted by atomic mass is 16.5. The van der Waals surface area contributed by atoms with Crippen LogP contribution in [0.5, 0.6) is 0 Å². The molecule has 0 aromatic carbocycles. The lowest BCUT2D eigenvalue weighted by molar-refractivity contribution is 0.102. The molecule has 1 aliphatic heterocycles. The SMILES string of the molecule is Cc1nc(C)n(CC2CCCN(C(C)c3nc(C4CC4)no3)C2)n1. The van der Waals surface area contributed by atoms with Gasteiger partial charge in [-0.1, -0.05) is 5.16 Å². The molecular formula is C17H26N6O. The summed E-state index contributed by atoms with van der Waals surface area (Å²) >= 11 is 0. The molecule has 0 amide bonds. The van der Waals surface area contributed by atoms with E-state index in [1.165, 1.54) is 25.7 Å². The molecule has 2 atom stereocenters. The van der Waals surface area contributed by atoms with Crippen LogP contribution < -0.4 is 0 Å². The number of nitrogens with zero attached hydrogens (tertiary/aromatic N) is 6. The summed E-state index contributed by atoms with van der Waals surface area (Å²) in [4.78, 5) is 11.5. The van der Waals surface area contributed by atoms with Crippen molar-refractivity contribution in [3.05, 3.63) is 23.4 Å². The molecule has 0 N–H and O–H groups in total. The van der Waals surface area contributed by atoms with Gasteiger partial charge in [0.15, 0.2) is 5.82 Å². The minimum Gasteiger partial charge on any atom is -0.338 e. The van der Waals surface area contributed by atoms with Crippen LogP contribution in [0, 0.1) is 19.8 Å². The lowest BCUT2D eigenvalue weighted by Gasteiger charge is -2.35. The van der Waals surface area contributed by atoms with Crippen molar-refractivity contribution in [2.24, 2.45) is 5.92 Å². The van der Waals surface area contributed by atoms with E-state index in [0.717, 1.165) is 43.0 Å². The molecule has 2 fully saturated rings. The van der Waals surface area contributed by atoms with Gasteiger partial charge in [0.25, 0.3) is 0 Å². The Labute approximate surface area is 142 Å². The maximum atomic E-state index is 5.53. The summed E-state index contributed by atoms with van der Waals surface area (Å²) in [5.74, 6) is 4.66. The number of piperidine rings is 1. The first-order valence-corrected chi connectivity index (χ1v) is 9.05. The van der Waals surface area contributed by atoms with Crippen molar-refractivity contribution in [3.8, 4) is 0 Å². The van der Waals surface area contributed by atoms with Crippen molar-refractivity contribution in [2.45, 2.75) is 65.0 Å². The molecule has 2 aromatic rings. The molecule has 3 heterocycles.